The Kier molecular flexibility index (Phi) is 3.06. The summed E-state index contributed by atoms with van der Waals surface area (Å²) in [6.07, 6.45) is 6.20. The van der Waals surface area contributed by atoms with E-state index in [1.54, 1.807) is 0 Å². The number of carbonyl (C=O) groups excluding carboxylic acids is 1. The van der Waals surface area contributed by atoms with E-state index < -0.39 is 0 Å². The van der Waals surface area contributed by atoms with E-state index in [0.717, 1.165) is 13.1 Å². The standard InChI is InChI=1S/C11H19NO2/c1-14-11(13)10(9-5-6-9)12-7-3-2-4-8-12/h9-10H,2-8H2,1H3. The molecule has 0 aromatic heterocycles. The van der Waals surface area contributed by atoms with Gasteiger partial charge in [-0.1, -0.05) is 6.42 Å². The summed E-state index contributed by atoms with van der Waals surface area (Å²) in [5.41, 5.74) is 0. The summed E-state index contributed by atoms with van der Waals surface area (Å²) in [6.45, 7) is 2.16. The van der Waals surface area contributed by atoms with Gasteiger partial charge in [-0.25, -0.2) is 0 Å². The molecule has 1 atom stereocenters. The third-order valence-electron chi connectivity index (χ3n) is 3.30. The Labute approximate surface area is 85.4 Å². The molecule has 0 amide bonds. The van der Waals surface area contributed by atoms with Crippen molar-refractivity contribution in [3.05, 3.63) is 0 Å². The van der Waals surface area contributed by atoms with Gasteiger partial charge in [0.15, 0.2) is 0 Å². The first kappa shape index (κ1) is 9.97. The lowest BCUT2D eigenvalue weighted by Crippen LogP contribution is -2.46. The fourth-order valence-electron chi connectivity index (χ4n) is 2.37. The number of hydrogen-bond donors (Lipinski definition) is 0. The van der Waals surface area contributed by atoms with E-state index in [1.165, 1.54) is 39.2 Å². The van der Waals surface area contributed by atoms with Crippen molar-refractivity contribution in [1.82, 2.24) is 4.90 Å². The van der Waals surface area contributed by atoms with Crippen LogP contribution in [-0.2, 0) is 9.53 Å². The molecule has 3 nitrogen and oxygen atoms in total. The second-order valence-corrected chi connectivity index (χ2v) is 4.40. The Hall–Kier alpha value is -0.570. The van der Waals surface area contributed by atoms with Crippen LogP contribution in [0.2, 0.25) is 0 Å². The number of methoxy groups -OCH3 is 1. The van der Waals surface area contributed by atoms with E-state index in [-0.39, 0.29) is 12.0 Å². The van der Waals surface area contributed by atoms with Gasteiger partial charge in [-0.05, 0) is 44.7 Å². The van der Waals surface area contributed by atoms with Crippen LogP contribution in [0.25, 0.3) is 0 Å². The number of piperidine rings is 1. The van der Waals surface area contributed by atoms with Gasteiger partial charge in [0, 0.05) is 0 Å². The summed E-state index contributed by atoms with van der Waals surface area (Å²) < 4.78 is 4.89. The van der Waals surface area contributed by atoms with Crippen LogP contribution in [0, 0.1) is 5.92 Å². The highest BCUT2D eigenvalue weighted by molar-refractivity contribution is 5.76. The van der Waals surface area contributed by atoms with Crippen molar-refractivity contribution in [2.24, 2.45) is 5.92 Å². The van der Waals surface area contributed by atoms with Crippen molar-refractivity contribution in [3.8, 4) is 0 Å². The first-order valence-corrected chi connectivity index (χ1v) is 5.65. The van der Waals surface area contributed by atoms with Crippen molar-refractivity contribution in [1.29, 1.82) is 0 Å². The smallest absolute Gasteiger partial charge is 0.323 e. The molecule has 1 heterocycles. The van der Waals surface area contributed by atoms with Crippen molar-refractivity contribution in [2.75, 3.05) is 20.2 Å². The van der Waals surface area contributed by atoms with Gasteiger partial charge in [-0.2, -0.15) is 0 Å². The largest absolute Gasteiger partial charge is 0.468 e. The molecule has 2 fully saturated rings. The molecular formula is C11H19NO2. The first-order valence-electron chi connectivity index (χ1n) is 5.65. The first-order chi connectivity index (χ1) is 6.83. The van der Waals surface area contributed by atoms with Gasteiger partial charge in [0.2, 0.25) is 0 Å². The molecule has 1 aliphatic heterocycles. The third kappa shape index (κ3) is 2.08. The van der Waals surface area contributed by atoms with Gasteiger partial charge >= 0.3 is 5.97 Å². The monoisotopic (exact) mass is 197 g/mol. The Balaban J connectivity index is 1.97. The number of carbonyl (C=O) groups is 1. The zero-order chi connectivity index (χ0) is 9.97. The van der Waals surface area contributed by atoms with E-state index in [0.29, 0.717) is 5.92 Å². The molecule has 1 saturated carbocycles. The molecule has 14 heavy (non-hydrogen) atoms. The highest BCUT2D eigenvalue weighted by Gasteiger charge is 2.40. The molecule has 3 heteroatoms. The molecule has 0 bridgehead atoms. The third-order valence-corrected chi connectivity index (χ3v) is 3.30. The molecule has 1 aliphatic carbocycles. The van der Waals surface area contributed by atoms with Gasteiger partial charge in [0.05, 0.1) is 7.11 Å². The van der Waals surface area contributed by atoms with Crippen LogP contribution in [0.3, 0.4) is 0 Å². The van der Waals surface area contributed by atoms with Gasteiger partial charge in [-0.15, -0.1) is 0 Å². The van der Waals surface area contributed by atoms with Crippen LogP contribution in [0.5, 0.6) is 0 Å². The topological polar surface area (TPSA) is 29.5 Å². The molecule has 0 spiro atoms. The lowest BCUT2D eigenvalue weighted by molar-refractivity contribution is -0.148. The van der Waals surface area contributed by atoms with Crippen LogP contribution in [0.15, 0.2) is 0 Å². The Morgan fingerprint density at radius 2 is 1.93 bits per heavy atom. The molecule has 0 aromatic carbocycles. The van der Waals surface area contributed by atoms with Crippen LogP contribution in [0.1, 0.15) is 32.1 Å². The predicted molar refractivity (Wildman–Crippen MR) is 54.0 cm³/mol. The molecule has 0 N–H and O–H groups in total. The van der Waals surface area contributed by atoms with Crippen molar-refractivity contribution in [2.45, 2.75) is 38.1 Å². The Morgan fingerprint density at radius 3 is 2.43 bits per heavy atom. The van der Waals surface area contributed by atoms with Crippen LogP contribution in [0.4, 0.5) is 0 Å². The van der Waals surface area contributed by atoms with E-state index in [1.807, 2.05) is 0 Å². The van der Waals surface area contributed by atoms with Crippen molar-refractivity contribution < 1.29 is 9.53 Å². The minimum absolute atomic E-state index is 0.0191. The highest BCUT2D eigenvalue weighted by Crippen LogP contribution is 2.36. The van der Waals surface area contributed by atoms with E-state index in [9.17, 15) is 4.79 Å². The second-order valence-electron chi connectivity index (χ2n) is 4.40. The average molecular weight is 197 g/mol. The lowest BCUT2D eigenvalue weighted by Gasteiger charge is -2.32. The lowest BCUT2D eigenvalue weighted by atomic mass is 10.1. The highest BCUT2D eigenvalue weighted by atomic mass is 16.5. The molecule has 0 radical (unpaired) electrons. The number of hydrogen-bond acceptors (Lipinski definition) is 3. The van der Waals surface area contributed by atoms with Gasteiger partial charge < -0.3 is 4.74 Å². The minimum atomic E-state index is -0.0191. The van der Waals surface area contributed by atoms with E-state index in [4.69, 9.17) is 4.74 Å². The van der Waals surface area contributed by atoms with Crippen LogP contribution < -0.4 is 0 Å². The summed E-state index contributed by atoms with van der Waals surface area (Å²) in [6, 6.07) is 0.0697. The Morgan fingerprint density at radius 1 is 1.29 bits per heavy atom. The van der Waals surface area contributed by atoms with Crippen LogP contribution >= 0.6 is 0 Å². The summed E-state index contributed by atoms with van der Waals surface area (Å²) in [5.74, 6) is 0.565. The minimum Gasteiger partial charge on any atom is -0.468 e. The fourth-order valence-corrected chi connectivity index (χ4v) is 2.37. The summed E-state index contributed by atoms with van der Waals surface area (Å²) in [4.78, 5) is 14.0. The number of likely N-dealkylation sites (tertiary alicyclic amines) is 1. The van der Waals surface area contributed by atoms with Crippen LogP contribution in [-0.4, -0.2) is 37.1 Å². The molecule has 2 aliphatic rings. The maximum Gasteiger partial charge on any atom is 0.323 e. The maximum atomic E-state index is 11.6. The summed E-state index contributed by atoms with van der Waals surface area (Å²) in [5, 5.41) is 0. The molecule has 0 aromatic rings. The molecular weight excluding hydrogens is 178 g/mol. The molecule has 1 unspecified atom stereocenters. The number of ether oxygens (including phenoxy) is 1. The maximum absolute atomic E-state index is 11.6. The van der Waals surface area contributed by atoms with Gasteiger partial charge in [-0.3, -0.25) is 9.69 Å². The van der Waals surface area contributed by atoms with Gasteiger partial charge in [0.1, 0.15) is 6.04 Å². The van der Waals surface area contributed by atoms with Crippen molar-refractivity contribution >= 4 is 5.97 Å². The van der Waals surface area contributed by atoms with Crippen molar-refractivity contribution in [3.63, 3.8) is 0 Å². The normalized spacial score (nSPS) is 25.8. The molecule has 1 saturated heterocycles. The number of esters is 1. The van der Waals surface area contributed by atoms with E-state index >= 15 is 0 Å². The summed E-state index contributed by atoms with van der Waals surface area (Å²) >= 11 is 0. The number of nitrogens with zero attached hydrogens (tertiary/aromatic N) is 1. The number of rotatable bonds is 3. The zero-order valence-electron chi connectivity index (χ0n) is 8.87. The predicted octanol–water partition coefficient (Wildman–Crippen LogP) is 1.42. The zero-order valence-corrected chi connectivity index (χ0v) is 8.87. The second kappa shape index (κ2) is 4.30. The average Bonchev–Trinajstić information content (AvgIpc) is 3.04. The fraction of sp³-hybridized carbons (Fsp3) is 0.909. The Bertz CT molecular complexity index is 207. The molecule has 2 rings (SSSR count). The molecule has 80 valence electrons. The summed E-state index contributed by atoms with van der Waals surface area (Å²) in [7, 11) is 1.50. The SMILES string of the molecule is COC(=O)C(C1CC1)N1CCCCC1. The van der Waals surface area contributed by atoms with Gasteiger partial charge in [0.25, 0.3) is 0 Å². The van der Waals surface area contributed by atoms with E-state index in [2.05, 4.69) is 4.90 Å². The quantitative estimate of drug-likeness (QED) is 0.641.